The molecule has 1 aliphatic heterocycles. The number of primary amides is 1. The third-order valence-corrected chi connectivity index (χ3v) is 7.07. The van der Waals surface area contributed by atoms with Gasteiger partial charge in [-0.15, -0.1) is 0 Å². The summed E-state index contributed by atoms with van der Waals surface area (Å²) in [7, 11) is -2.17. The summed E-state index contributed by atoms with van der Waals surface area (Å²) >= 11 is 0. The Kier molecular flexibility index (Phi) is 4.94. The van der Waals surface area contributed by atoms with Crippen LogP contribution in [0.4, 0.5) is 4.39 Å². The van der Waals surface area contributed by atoms with E-state index in [1.807, 2.05) is 0 Å². The van der Waals surface area contributed by atoms with Gasteiger partial charge in [-0.3, -0.25) is 4.79 Å². The first-order chi connectivity index (χ1) is 14.2. The molecule has 1 aliphatic rings. The second kappa shape index (κ2) is 7.33. The molecular weight excluding hydrogens is 413 g/mol. The van der Waals surface area contributed by atoms with Crippen molar-refractivity contribution in [3.05, 3.63) is 54.4 Å². The zero-order valence-corrected chi connectivity index (χ0v) is 17.0. The van der Waals surface area contributed by atoms with Crippen LogP contribution in [-0.4, -0.2) is 46.4 Å². The highest BCUT2D eigenvalue weighted by molar-refractivity contribution is 7.89. The Bertz CT molecular complexity index is 1190. The lowest BCUT2D eigenvalue weighted by Crippen LogP contribution is -2.42. The highest BCUT2D eigenvalue weighted by atomic mass is 32.2. The molecular formula is C19H20FN5O4S. The number of rotatable bonds is 6. The van der Waals surface area contributed by atoms with Crippen LogP contribution in [0.5, 0.6) is 0 Å². The zero-order chi connectivity index (χ0) is 21.5. The van der Waals surface area contributed by atoms with E-state index in [1.54, 1.807) is 25.2 Å². The number of halogens is 1. The molecule has 0 saturated carbocycles. The Hall–Kier alpha value is -3.05. The molecule has 158 valence electrons. The number of hydrogen-bond acceptors (Lipinski definition) is 6. The molecule has 1 fully saturated rings. The fourth-order valence-corrected chi connectivity index (χ4v) is 5.11. The number of hydrogen-bond donors (Lipinski definition) is 1. The number of carbonyl (C=O) groups excluding carboxylic acids is 1. The summed E-state index contributed by atoms with van der Waals surface area (Å²) < 4.78 is 47.0. The molecule has 0 radical (unpaired) electrons. The number of imidazole rings is 1. The molecule has 0 unspecified atom stereocenters. The molecule has 1 aromatic carbocycles. The zero-order valence-electron chi connectivity index (χ0n) is 16.2. The minimum absolute atomic E-state index is 0.0756. The van der Waals surface area contributed by atoms with E-state index in [0.717, 1.165) is 0 Å². The van der Waals surface area contributed by atoms with Gasteiger partial charge < -0.3 is 14.8 Å². The molecule has 3 aromatic rings. The number of sulfonamides is 1. The Morgan fingerprint density at radius 3 is 2.70 bits per heavy atom. The van der Waals surface area contributed by atoms with Gasteiger partial charge >= 0.3 is 0 Å². The number of aryl methyl sites for hydroxylation is 1. The van der Waals surface area contributed by atoms with Crippen LogP contribution in [0.1, 0.15) is 12.2 Å². The summed E-state index contributed by atoms with van der Waals surface area (Å²) in [6.07, 6.45) is 3.16. The topological polar surface area (TPSA) is 124 Å². The van der Waals surface area contributed by atoms with Crippen LogP contribution in [0, 0.1) is 11.2 Å². The van der Waals surface area contributed by atoms with E-state index in [4.69, 9.17) is 10.3 Å². The molecule has 3 heterocycles. The van der Waals surface area contributed by atoms with Gasteiger partial charge in [-0.25, -0.2) is 17.8 Å². The molecule has 2 N–H and O–H groups in total. The van der Waals surface area contributed by atoms with Gasteiger partial charge in [-0.05, 0) is 30.7 Å². The van der Waals surface area contributed by atoms with Crippen LogP contribution in [-0.2, 0) is 28.3 Å². The number of amides is 1. The Morgan fingerprint density at radius 1 is 1.33 bits per heavy atom. The normalized spacial score (nSPS) is 19.9. The molecule has 2 aromatic heterocycles. The molecule has 11 heteroatoms. The van der Waals surface area contributed by atoms with Crippen molar-refractivity contribution in [1.82, 2.24) is 19.0 Å². The van der Waals surface area contributed by atoms with Crippen molar-refractivity contribution in [1.29, 1.82) is 0 Å². The van der Waals surface area contributed by atoms with E-state index in [-0.39, 0.29) is 36.8 Å². The minimum atomic E-state index is -3.84. The van der Waals surface area contributed by atoms with Crippen molar-refractivity contribution in [3.8, 4) is 11.3 Å². The van der Waals surface area contributed by atoms with Gasteiger partial charge in [-0.2, -0.15) is 4.31 Å². The van der Waals surface area contributed by atoms with E-state index >= 15 is 0 Å². The summed E-state index contributed by atoms with van der Waals surface area (Å²) in [4.78, 5) is 16.2. The Morgan fingerprint density at radius 2 is 2.07 bits per heavy atom. The van der Waals surface area contributed by atoms with Gasteiger partial charge in [-0.1, -0.05) is 5.16 Å². The highest BCUT2D eigenvalue weighted by Gasteiger charge is 2.48. The summed E-state index contributed by atoms with van der Waals surface area (Å²) in [5.74, 6) is -0.582. The van der Waals surface area contributed by atoms with E-state index in [0.29, 0.717) is 17.0 Å². The highest BCUT2D eigenvalue weighted by Crippen LogP contribution is 2.37. The Balaban J connectivity index is 1.56. The maximum atomic E-state index is 13.1. The van der Waals surface area contributed by atoms with Crippen molar-refractivity contribution >= 4 is 15.9 Å². The minimum Gasteiger partial charge on any atom is -0.369 e. The average Bonchev–Trinajstić information content (AvgIpc) is 3.43. The Labute approximate surface area is 172 Å². The second-order valence-corrected chi connectivity index (χ2v) is 9.36. The monoisotopic (exact) mass is 433 g/mol. The van der Waals surface area contributed by atoms with E-state index in [9.17, 15) is 17.6 Å². The number of nitrogens with zero attached hydrogens (tertiary/aromatic N) is 4. The van der Waals surface area contributed by atoms with Crippen LogP contribution in [0.3, 0.4) is 0 Å². The predicted octanol–water partition coefficient (Wildman–Crippen LogP) is 1.32. The first-order valence-corrected chi connectivity index (χ1v) is 10.6. The van der Waals surface area contributed by atoms with Crippen LogP contribution in [0.15, 0.2) is 52.4 Å². The molecule has 1 atom stereocenters. The van der Waals surface area contributed by atoms with Crippen molar-refractivity contribution in [3.63, 3.8) is 0 Å². The smallest absolute Gasteiger partial charge is 0.262 e. The average molecular weight is 433 g/mol. The fraction of sp³-hybridized carbons (Fsp3) is 0.316. The number of nitrogens with two attached hydrogens (primary N) is 1. The van der Waals surface area contributed by atoms with Crippen LogP contribution in [0.2, 0.25) is 0 Å². The van der Waals surface area contributed by atoms with Crippen LogP contribution >= 0.6 is 0 Å². The summed E-state index contributed by atoms with van der Waals surface area (Å²) in [6, 6.07) is 7.40. The third kappa shape index (κ3) is 3.61. The maximum absolute atomic E-state index is 13.1. The summed E-state index contributed by atoms with van der Waals surface area (Å²) in [5.41, 5.74) is 5.70. The lowest BCUT2D eigenvalue weighted by Gasteiger charge is -2.24. The van der Waals surface area contributed by atoms with Crippen molar-refractivity contribution in [2.24, 2.45) is 18.2 Å². The maximum Gasteiger partial charge on any atom is 0.262 e. The fourth-order valence-electron chi connectivity index (χ4n) is 3.61. The van der Waals surface area contributed by atoms with Gasteiger partial charge in [0.15, 0.2) is 5.03 Å². The number of carbonyl (C=O) groups is 1. The SMILES string of the molecule is Cn1cnc(S(=O)(=O)N2CC[C@@](Cc3cc(-c4ccc(F)cc4)no3)(C(N)=O)C2)c1. The third-order valence-electron chi connectivity index (χ3n) is 5.34. The van der Waals surface area contributed by atoms with Crippen molar-refractivity contribution < 1.29 is 22.1 Å². The summed E-state index contributed by atoms with van der Waals surface area (Å²) in [6.45, 7) is 0.0641. The van der Waals surface area contributed by atoms with Crippen molar-refractivity contribution in [2.45, 2.75) is 17.9 Å². The standard InChI is InChI=1S/C19H20FN5O4S/c1-24-10-17(22-12-24)30(27,28)25-7-6-19(11-25,18(21)26)9-15-8-16(23-29-15)13-2-4-14(20)5-3-13/h2-5,8,10,12H,6-7,9,11H2,1H3,(H2,21,26)/t19-/m0/s1. The summed E-state index contributed by atoms with van der Waals surface area (Å²) in [5, 5.41) is 3.89. The van der Waals surface area contributed by atoms with Gasteiger partial charge in [0, 0.05) is 44.4 Å². The van der Waals surface area contributed by atoms with Gasteiger partial charge in [0.2, 0.25) is 5.91 Å². The van der Waals surface area contributed by atoms with Gasteiger partial charge in [0.25, 0.3) is 10.0 Å². The lowest BCUT2D eigenvalue weighted by molar-refractivity contribution is -0.127. The van der Waals surface area contributed by atoms with Crippen LogP contribution < -0.4 is 5.73 Å². The molecule has 0 bridgehead atoms. The van der Waals surface area contributed by atoms with Gasteiger partial charge in [0.05, 0.1) is 11.7 Å². The predicted molar refractivity (Wildman–Crippen MR) is 104 cm³/mol. The van der Waals surface area contributed by atoms with Gasteiger partial charge in [0.1, 0.15) is 17.3 Å². The molecule has 9 nitrogen and oxygen atoms in total. The van der Waals surface area contributed by atoms with E-state index < -0.39 is 21.3 Å². The second-order valence-electron chi connectivity index (χ2n) is 7.47. The lowest BCUT2D eigenvalue weighted by atomic mass is 9.82. The van der Waals surface area contributed by atoms with Crippen molar-refractivity contribution in [2.75, 3.05) is 13.1 Å². The molecule has 0 aliphatic carbocycles. The molecule has 1 saturated heterocycles. The van der Waals surface area contributed by atoms with Crippen LogP contribution in [0.25, 0.3) is 11.3 Å². The first-order valence-electron chi connectivity index (χ1n) is 9.19. The quantitative estimate of drug-likeness (QED) is 0.625. The van der Waals surface area contributed by atoms with E-state index in [2.05, 4.69) is 10.1 Å². The molecule has 1 amide bonds. The molecule has 4 rings (SSSR count). The first kappa shape index (κ1) is 20.2. The number of benzene rings is 1. The largest absolute Gasteiger partial charge is 0.369 e. The number of aromatic nitrogens is 3. The molecule has 30 heavy (non-hydrogen) atoms. The van der Waals surface area contributed by atoms with E-state index in [1.165, 1.54) is 33.5 Å². The molecule has 0 spiro atoms.